The van der Waals surface area contributed by atoms with Crippen molar-refractivity contribution in [2.24, 2.45) is 0 Å². The van der Waals surface area contributed by atoms with Gasteiger partial charge < -0.3 is 0 Å². The summed E-state index contributed by atoms with van der Waals surface area (Å²) in [6.45, 7) is 0. The van der Waals surface area contributed by atoms with Crippen LogP contribution in [0.1, 0.15) is 0 Å². The minimum atomic E-state index is 1.21. The molecular weight excluding hydrogens is 721 g/mol. The molecule has 0 bridgehead atoms. The molecule has 0 aliphatic carbocycles. The zero-order chi connectivity index (χ0) is 39.6. The fourth-order valence-electron chi connectivity index (χ4n) is 9.90. The summed E-state index contributed by atoms with van der Waals surface area (Å²) < 4.78 is 0. The minimum Gasteiger partial charge on any atom is -0.0616 e. The first-order chi connectivity index (χ1) is 29.8. The van der Waals surface area contributed by atoms with Gasteiger partial charge in [0.1, 0.15) is 0 Å². The predicted octanol–water partition coefficient (Wildman–Crippen LogP) is 16.9. The van der Waals surface area contributed by atoms with E-state index >= 15 is 0 Å². The molecule has 0 saturated heterocycles. The second-order valence-electron chi connectivity index (χ2n) is 16.0. The molecule has 12 aromatic carbocycles. The Morgan fingerprint density at radius 3 is 1.17 bits per heavy atom. The van der Waals surface area contributed by atoms with Crippen molar-refractivity contribution in [3.05, 3.63) is 231 Å². The summed E-state index contributed by atoms with van der Waals surface area (Å²) in [6, 6.07) is 85.3. The van der Waals surface area contributed by atoms with Crippen LogP contribution in [0.2, 0.25) is 0 Å². The van der Waals surface area contributed by atoms with Crippen LogP contribution in [0.4, 0.5) is 0 Å². The van der Waals surface area contributed by atoms with Crippen molar-refractivity contribution in [3.63, 3.8) is 0 Å². The number of fused-ring (bicyclic) bond motifs is 7. The van der Waals surface area contributed by atoms with E-state index in [0.29, 0.717) is 0 Å². The van der Waals surface area contributed by atoms with Gasteiger partial charge in [0.2, 0.25) is 0 Å². The smallest absolute Gasteiger partial charge is 0.00259 e. The first-order valence-corrected chi connectivity index (χ1v) is 20.8. The van der Waals surface area contributed by atoms with E-state index in [9.17, 15) is 0 Å². The molecule has 0 unspecified atom stereocenters. The van der Waals surface area contributed by atoms with Gasteiger partial charge in [-0.1, -0.05) is 206 Å². The Morgan fingerprint density at radius 2 is 0.567 bits per heavy atom. The Kier molecular flexibility index (Phi) is 7.96. The molecule has 60 heavy (non-hydrogen) atoms. The summed E-state index contributed by atoms with van der Waals surface area (Å²) >= 11 is 0. The maximum absolute atomic E-state index is 2.47. The van der Waals surface area contributed by atoms with Crippen molar-refractivity contribution in [2.45, 2.75) is 0 Å². The van der Waals surface area contributed by atoms with Crippen molar-refractivity contribution in [2.75, 3.05) is 0 Å². The lowest BCUT2D eigenvalue weighted by molar-refractivity contribution is 1.62. The molecule has 0 amide bonds. The van der Waals surface area contributed by atoms with Crippen LogP contribution in [0.3, 0.4) is 0 Å². The Bertz CT molecular complexity index is 3650. The van der Waals surface area contributed by atoms with Gasteiger partial charge in [0.25, 0.3) is 0 Å². The molecule has 0 aliphatic rings. The highest BCUT2D eigenvalue weighted by Crippen LogP contribution is 2.47. The van der Waals surface area contributed by atoms with Crippen LogP contribution < -0.4 is 0 Å². The van der Waals surface area contributed by atoms with Gasteiger partial charge in [0.15, 0.2) is 0 Å². The first kappa shape index (κ1) is 34.3. The van der Waals surface area contributed by atoms with Gasteiger partial charge in [-0.25, -0.2) is 0 Å². The van der Waals surface area contributed by atoms with Crippen LogP contribution in [0.15, 0.2) is 231 Å². The van der Waals surface area contributed by atoms with E-state index in [0.717, 1.165) is 0 Å². The van der Waals surface area contributed by atoms with Crippen LogP contribution in [0, 0.1) is 0 Å². The average molecular weight is 759 g/mol. The quantitative estimate of drug-likeness (QED) is 0.121. The normalized spacial score (nSPS) is 11.7. The summed E-state index contributed by atoms with van der Waals surface area (Å²) in [6.07, 6.45) is 0. The highest BCUT2D eigenvalue weighted by Gasteiger charge is 2.20. The number of hydrogen-bond acceptors (Lipinski definition) is 0. The van der Waals surface area contributed by atoms with Crippen molar-refractivity contribution >= 4 is 64.6 Å². The van der Waals surface area contributed by atoms with E-state index < -0.39 is 0 Å². The number of hydrogen-bond donors (Lipinski definition) is 0. The summed E-state index contributed by atoms with van der Waals surface area (Å²) in [5.41, 5.74) is 12.3. The maximum atomic E-state index is 2.47. The summed E-state index contributed by atoms with van der Waals surface area (Å²) in [5.74, 6) is 0. The van der Waals surface area contributed by atoms with Crippen LogP contribution in [0.25, 0.3) is 120 Å². The van der Waals surface area contributed by atoms with Crippen molar-refractivity contribution < 1.29 is 0 Å². The SMILES string of the molecule is c1cc(-c2cccc3ccccc23)cc(-c2c3ccccc3c(-c3cccc(-c4cccc5ccccc45)c3)c3cc(-c4cc5ccccc5c5ccccc45)ccc23)c1. The highest BCUT2D eigenvalue weighted by atomic mass is 14.2. The third-order valence-corrected chi connectivity index (χ3v) is 12.6. The summed E-state index contributed by atoms with van der Waals surface area (Å²) in [5, 5.41) is 15.1. The molecular formula is C60H38. The van der Waals surface area contributed by atoms with Gasteiger partial charge in [-0.3, -0.25) is 0 Å². The monoisotopic (exact) mass is 758 g/mol. The molecule has 0 nitrogen and oxygen atoms in total. The average Bonchev–Trinajstić information content (AvgIpc) is 3.32. The standard InChI is InChI=1S/C60H38/c1-4-24-47-39(15-1)18-13-31-49(47)41-20-11-22-45(35-41)59-54-29-9-10-30-55(54)60(46-23-12-21-42(36-46)50-32-14-19-40-16-2-5-25-48(40)50)58-38-44(33-34-56(58)59)57-37-43-17-3-6-26-51(43)52-27-7-8-28-53(52)57/h1-38H. The van der Waals surface area contributed by atoms with E-state index in [4.69, 9.17) is 0 Å². The van der Waals surface area contributed by atoms with Gasteiger partial charge in [-0.15, -0.1) is 0 Å². The fraction of sp³-hybridized carbons (Fsp3) is 0. The molecule has 0 aliphatic heterocycles. The van der Waals surface area contributed by atoms with Crippen LogP contribution in [-0.4, -0.2) is 0 Å². The topological polar surface area (TPSA) is 0 Å². The molecule has 0 aromatic heterocycles. The van der Waals surface area contributed by atoms with Crippen LogP contribution in [-0.2, 0) is 0 Å². The predicted molar refractivity (Wildman–Crippen MR) is 259 cm³/mol. The fourth-order valence-corrected chi connectivity index (χ4v) is 9.90. The molecule has 0 saturated carbocycles. The van der Waals surface area contributed by atoms with Gasteiger partial charge >= 0.3 is 0 Å². The van der Waals surface area contributed by atoms with E-state index in [1.165, 1.54) is 120 Å². The molecule has 12 aromatic rings. The van der Waals surface area contributed by atoms with E-state index in [1.807, 2.05) is 0 Å². The van der Waals surface area contributed by atoms with E-state index in [1.54, 1.807) is 0 Å². The molecule has 0 fully saturated rings. The molecule has 0 N–H and O–H groups in total. The number of rotatable bonds is 5. The Balaban J connectivity index is 1.16. The van der Waals surface area contributed by atoms with Crippen LogP contribution >= 0.6 is 0 Å². The minimum absolute atomic E-state index is 1.21. The highest BCUT2D eigenvalue weighted by molar-refractivity contribution is 6.23. The Labute approximate surface area is 349 Å². The van der Waals surface area contributed by atoms with E-state index in [2.05, 4.69) is 231 Å². The van der Waals surface area contributed by atoms with Crippen molar-refractivity contribution in [3.8, 4) is 55.6 Å². The van der Waals surface area contributed by atoms with Gasteiger partial charge in [-0.05, 0) is 145 Å². The molecule has 0 spiro atoms. The third kappa shape index (κ3) is 5.53. The van der Waals surface area contributed by atoms with Crippen LogP contribution in [0.5, 0.6) is 0 Å². The van der Waals surface area contributed by atoms with Gasteiger partial charge in [-0.2, -0.15) is 0 Å². The molecule has 12 rings (SSSR count). The van der Waals surface area contributed by atoms with Crippen molar-refractivity contribution in [1.82, 2.24) is 0 Å². The third-order valence-electron chi connectivity index (χ3n) is 12.6. The number of benzene rings is 12. The lowest BCUT2D eigenvalue weighted by Gasteiger charge is -2.20. The molecule has 0 atom stereocenters. The Morgan fingerprint density at radius 1 is 0.167 bits per heavy atom. The van der Waals surface area contributed by atoms with Gasteiger partial charge in [0, 0.05) is 0 Å². The van der Waals surface area contributed by atoms with E-state index in [-0.39, 0.29) is 0 Å². The zero-order valence-electron chi connectivity index (χ0n) is 32.9. The second-order valence-corrected chi connectivity index (χ2v) is 16.0. The lowest BCUT2D eigenvalue weighted by atomic mass is 9.83. The summed E-state index contributed by atoms with van der Waals surface area (Å²) in [4.78, 5) is 0. The summed E-state index contributed by atoms with van der Waals surface area (Å²) in [7, 11) is 0. The van der Waals surface area contributed by atoms with Crippen molar-refractivity contribution in [1.29, 1.82) is 0 Å². The molecule has 0 radical (unpaired) electrons. The Hall–Kier alpha value is -7.80. The molecule has 0 heteroatoms. The molecule has 278 valence electrons. The maximum Gasteiger partial charge on any atom is -0.00259 e. The first-order valence-electron chi connectivity index (χ1n) is 20.8. The van der Waals surface area contributed by atoms with Gasteiger partial charge in [0.05, 0.1) is 0 Å². The molecule has 0 heterocycles. The lowest BCUT2D eigenvalue weighted by Crippen LogP contribution is -1.93. The largest absolute Gasteiger partial charge is 0.0616 e. The second kappa shape index (κ2) is 13.9. The zero-order valence-corrected chi connectivity index (χ0v) is 32.9.